The van der Waals surface area contributed by atoms with Crippen molar-refractivity contribution in [2.45, 2.75) is 54.3 Å². The summed E-state index contributed by atoms with van der Waals surface area (Å²) in [5, 5.41) is 11.2. The van der Waals surface area contributed by atoms with E-state index in [0.717, 1.165) is 25.7 Å². The molecule has 2 aromatic carbocycles. The standard InChI is InChI=1S/C20H24OS/c1-19(21)14-8-9-15-20(19,16-17-10-4-2-5-11-17)22-18-12-6-3-7-13-18/h2-7,10-13,21H,8-9,14-16H2,1H3. The van der Waals surface area contributed by atoms with Crippen molar-refractivity contribution in [3.63, 3.8) is 0 Å². The van der Waals surface area contributed by atoms with Crippen LogP contribution in [0.5, 0.6) is 0 Å². The highest BCUT2D eigenvalue weighted by Crippen LogP contribution is 2.51. The molecule has 22 heavy (non-hydrogen) atoms. The Morgan fingerprint density at radius 1 is 0.909 bits per heavy atom. The van der Waals surface area contributed by atoms with Crippen LogP contribution in [0.1, 0.15) is 38.2 Å². The lowest BCUT2D eigenvalue weighted by Crippen LogP contribution is -2.53. The smallest absolute Gasteiger partial charge is 0.0772 e. The van der Waals surface area contributed by atoms with E-state index in [0.29, 0.717) is 0 Å². The molecule has 0 heterocycles. The lowest BCUT2D eigenvalue weighted by Gasteiger charge is -2.48. The van der Waals surface area contributed by atoms with Crippen LogP contribution in [0, 0.1) is 0 Å². The molecule has 0 amide bonds. The first-order chi connectivity index (χ1) is 10.6. The van der Waals surface area contributed by atoms with Gasteiger partial charge in [0.15, 0.2) is 0 Å². The highest BCUT2D eigenvalue weighted by atomic mass is 32.2. The minimum absolute atomic E-state index is 0.145. The van der Waals surface area contributed by atoms with Crippen LogP contribution in [0.2, 0.25) is 0 Å². The zero-order valence-corrected chi connectivity index (χ0v) is 14.0. The van der Waals surface area contributed by atoms with Crippen LogP contribution in [-0.2, 0) is 6.42 Å². The van der Waals surface area contributed by atoms with E-state index in [9.17, 15) is 5.11 Å². The summed E-state index contributed by atoms with van der Waals surface area (Å²) in [6, 6.07) is 21.1. The maximum Gasteiger partial charge on any atom is 0.0772 e. The van der Waals surface area contributed by atoms with E-state index in [1.165, 1.54) is 16.9 Å². The third-order valence-electron chi connectivity index (χ3n) is 4.86. The van der Waals surface area contributed by atoms with Crippen LogP contribution in [0.4, 0.5) is 0 Å². The number of hydrogen-bond acceptors (Lipinski definition) is 2. The number of hydrogen-bond donors (Lipinski definition) is 1. The summed E-state index contributed by atoms with van der Waals surface area (Å²) in [6.07, 6.45) is 5.19. The van der Waals surface area contributed by atoms with Gasteiger partial charge in [-0.05, 0) is 43.9 Å². The fourth-order valence-corrected chi connectivity index (χ4v) is 5.04. The Morgan fingerprint density at radius 3 is 2.14 bits per heavy atom. The van der Waals surface area contributed by atoms with Crippen molar-refractivity contribution in [1.29, 1.82) is 0 Å². The normalized spacial score (nSPS) is 28.5. The van der Waals surface area contributed by atoms with Crippen LogP contribution in [0.3, 0.4) is 0 Å². The van der Waals surface area contributed by atoms with E-state index in [1.54, 1.807) is 0 Å². The molecule has 0 spiro atoms. The Labute approximate surface area is 137 Å². The van der Waals surface area contributed by atoms with Gasteiger partial charge in [-0.15, -0.1) is 11.8 Å². The van der Waals surface area contributed by atoms with Crippen molar-refractivity contribution in [2.75, 3.05) is 0 Å². The molecule has 2 unspecified atom stereocenters. The molecule has 3 rings (SSSR count). The quantitative estimate of drug-likeness (QED) is 0.849. The summed E-state index contributed by atoms with van der Waals surface area (Å²) in [6.45, 7) is 2.03. The van der Waals surface area contributed by atoms with Gasteiger partial charge in [-0.2, -0.15) is 0 Å². The van der Waals surface area contributed by atoms with Gasteiger partial charge in [-0.3, -0.25) is 0 Å². The maximum absolute atomic E-state index is 11.2. The molecule has 0 bridgehead atoms. The zero-order valence-electron chi connectivity index (χ0n) is 13.2. The Balaban J connectivity index is 1.94. The van der Waals surface area contributed by atoms with Crippen LogP contribution in [0.25, 0.3) is 0 Å². The van der Waals surface area contributed by atoms with E-state index in [1.807, 2.05) is 24.8 Å². The molecule has 1 aliphatic carbocycles. The second-order valence-corrected chi connectivity index (χ2v) is 8.01. The number of aliphatic hydroxyl groups is 1. The van der Waals surface area contributed by atoms with Crippen LogP contribution in [-0.4, -0.2) is 15.5 Å². The van der Waals surface area contributed by atoms with Gasteiger partial charge in [-0.25, -0.2) is 0 Å². The molecule has 0 aromatic heterocycles. The summed E-state index contributed by atoms with van der Waals surface area (Å²) < 4.78 is -0.145. The predicted octanol–water partition coefficient (Wildman–Crippen LogP) is 5.09. The van der Waals surface area contributed by atoms with Crippen molar-refractivity contribution in [2.24, 2.45) is 0 Å². The van der Waals surface area contributed by atoms with Crippen molar-refractivity contribution in [1.82, 2.24) is 0 Å². The first-order valence-corrected chi connectivity index (χ1v) is 8.93. The molecule has 2 aromatic rings. The van der Waals surface area contributed by atoms with Crippen molar-refractivity contribution < 1.29 is 5.11 Å². The number of benzene rings is 2. The summed E-state index contributed by atoms with van der Waals surface area (Å²) >= 11 is 1.86. The molecule has 1 fully saturated rings. The van der Waals surface area contributed by atoms with Gasteiger partial charge in [0.1, 0.15) is 0 Å². The maximum atomic E-state index is 11.2. The second-order valence-electron chi connectivity index (χ2n) is 6.55. The van der Waals surface area contributed by atoms with E-state index < -0.39 is 5.60 Å². The van der Waals surface area contributed by atoms with Gasteiger partial charge >= 0.3 is 0 Å². The summed E-state index contributed by atoms with van der Waals surface area (Å²) in [5.74, 6) is 0. The highest BCUT2D eigenvalue weighted by Gasteiger charge is 2.49. The first kappa shape index (κ1) is 15.6. The molecule has 0 radical (unpaired) electrons. The Morgan fingerprint density at radius 2 is 1.50 bits per heavy atom. The van der Waals surface area contributed by atoms with Crippen molar-refractivity contribution in [3.05, 3.63) is 66.2 Å². The molecule has 1 aliphatic rings. The van der Waals surface area contributed by atoms with Crippen LogP contribution >= 0.6 is 11.8 Å². The van der Waals surface area contributed by atoms with E-state index in [-0.39, 0.29) is 4.75 Å². The minimum Gasteiger partial charge on any atom is -0.389 e. The topological polar surface area (TPSA) is 20.2 Å². The third-order valence-corrected chi connectivity index (χ3v) is 6.55. The van der Waals surface area contributed by atoms with E-state index >= 15 is 0 Å². The molecular weight excluding hydrogens is 288 g/mol. The van der Waals surface area contributed by atoms with Gasteiger partial charge in [0.2, 0.25) is 0 Å². The third kappa shape index (κ3) is 3.23. The lowest BCUT2D eigenvalue weighted by atomic mass is 9.73. The van der Waals surface area contributed by atoms with E-state index in [2.05, 4.69) is 54.6 Å². The molecule has 0 aliphatic heterocycles. The first-order valence-electron chi connectivity index (χ1n) is 8.12. The Kier molecular flexibility index (Phi) is 4.60. The minimum atomic E-state index is -0.637. The second kappa shape index (κ2) is 6.47. The zero-order chi connectivity index (χ0) is 15.5. The fraction of sp³-hybridized carbons (Fsp3) is 0.400. The van der Waals surface area contributed by atoms with Crippen LogP contribution < -0.4 is 0 Å². The van der Waals surface area contributed by atoms with Crippen molar-refractivity contribution in [3.8, 4) is 0 Å². The monoisotopic (exact) mass is 312 g/mol. The SMILES string of the molecule is CC1(O)CCCCC1(Cc1ccccc1)Sc1ccccc1. The molecule has 116 valence electrons. The average Bonchev–Trinajstić information content (AvgIpc) is 2.52. The molecule has 2 heteroatoms. The summed E-state index contributed by atoms with van der Waals surface area (Å²) in [4.78, 5) is 1.25. The molecule has 2 atom stereocenters. The van der Waals surface area contributed by atoms with Gasteiger partial charge in [-0.1, -0.05) is 61.4 Å². The van der Waals surface area contributed by atoms with Gasteiger partial charge in [0.05, 0.1) is 10.3 Å². The lowest BCUT2D eigenvalue weighted by molar-refractivity contribution is -0.0127. The van der Waals surface area contributed by atoms with Crippen molar-refractivity contribution >= 4 is 11.8 Å². The van der Waals surface area contributed by atoms with Gasteiger partial charge in [0.25, 0.3) is 0 Å². The van der Waals surface area contributed by atoms with Gasteiger partial charge in [0, 0.05) is 4.90 Å². The summed E-state index contributed by atoms with van der Waals surface area (Å²) in [7, 11) is 0. The number of rotatable bonds is 4. The largest absolute Gasteiger partial charge is 0.389 e. The number of thioether (sulfide) groups is 1. The van der Waals surface area contributed by atoms with Gasteiger partial charge < -0.3 is 5.11 Å². The summed E-state index contributed by atoms with van der Waals surface area (Å²) in [5.41, 5.74) is 0.676. The molecule has 1 N–H and O–H groups in total. The molecule has 1 saturated carbocycles. The molecule has 1 nitrogen and oxygen atoms in total. The Bertz CT molecular complexity index is 550. The molecule has 0 saturated heterocycles. The molecular formula is C20H24OS. The van der Waals surface area contributed by atoms with Crippen LogP contribution in [0.15, 0.2) is 65.6 Å². The Hall–Kier alpha value is -1.25. The fourth-order valence-electron chi connectivity index (χ4n) is 3.49. The predicted molar refractivity (Wildman–Crippen MR) is 94.3 cm³/mol. The highest BCUT2D eigenvalue weighted by molar-refractivity contribution is 8.00. The van der Waals surface area contributed by atoms with E-state index in [4.69, 9.17) is 0 Å². The average molecular weight is 312 g/mol.